The Balaban J connectivity index is 2.22. The summed E-state index contributed by atoms with van der Waals surface area (Å²) in [5.41, 5.74) is 9.47. The van der Waals surface area contributed by atoms with Crippen LogP contribution in [-0.2, 0) is 17.8 Å². The van der Waals surface area contributed by atoms with Gasteiger partial charge >= 0.3 is 0 Å². The maximum atomic E-state index is 13.1. The number of fused-ring (bicyclic) bond motifs is 1. The molecule has 0 atom stereocenters. The number of nitrogens with zero attached hydrogens (tertiary/aromatic N) is 2. The summed E-state index contributed by atoms with van der Waals surface area (Å²) in [7, 11) is 0. The smallest absolute Gasteiger partial charge is 0.262 e. The van der Waals surface area contributed by atoms with Crippen molar-refractivity contribution in [3.8, 4) is 11.1 Å². The van der Waals surface area contributed by atoms with Gasteiger partial charge in [-0.05, 0) is 30.5 Å². The van der Waals surface area contributed by atoms with E-state index < -0.39 is 5.91 Å². The normalized spacial score (nSPS) is 11.2. The molecule has 0 unspecified atom stereocenters. The first-order valence-electron chi connectivity index (χ1n) is 8.29. The van der Waals surface area contributed by atoms with Crippen molar-refractivity contribution in [1.29, 1.82) is 0 Å². The van der Waals surface area contributed by atoms with Gasteiger partial charge in [-0.15, -0.1) is 11.3 Å². The summed E-state index contributed by atoms with van der Waals surface area (Å²) in [6, 6.07) is 6.19. The number of benzene rings is 1. The van der Waals surface area contributed by atoms with E-state index >= 15 is 0 Å². The molecule has 2 N–H and O–H groups in total. The zero-order valence-electron chi connectivity index (χ0n) is 14.6. The van der Waals surface area contributed by atoms with Crippen LogP contribution in [0.3, 0.4) is 0 Å². The predicted molar refractivity (Wildman–Crippen MR) is 102 cm³/mol. The molecule has 0 saturated heterocycles. The van der Waals surface area contributed by atoms with Crippen LogP contribution < -0.4 is 11.3 Å². The van der Waals surface area contributed by atoms with Gasteiger partial charge < -0.3 is 5.73 Å². The summed E-state index contributed by atoms with van der Waals surface area (Å²) in [6.07, 6.45) is 0.754. The Labute approximate surface area is 150 Å². The zero-order valence-corrected chi connectivity index (χ0v) is 15.4. The van der Waals surface area contributed by atoms with Gasteiger partial charge in [0.15, 0.2) is 0 Å². The first kappa shape index (κ1) is 17.4. The van der Waals surface area contributed by atoms with E-state index in [0.29, 0.717) is 17.6 Å². The number of hydrogen-bond acceptors (Lipinski definition) is 4. The largest absolute Gasteiger partial charge is 0.370 e. The van der Waals surface area contributed by atoms with Gasteiger partial charge in [0.05, 0.1) is 5.39 Å². The van der Waals surface area contributed by atoms with Gasteiger partial charge in [0, 0.05) is 30.3 Å². The number of hydrogen-bond donors (Lipinski definition) is 1. The minimum Gasteiger partial charge on any atom is -0.370 e. The molecule has 3 rings (SSSR count). The van der Waals surface area contributed by atoms with Crippen LogP contribution in [0.15, 0.2) is 28.4 Å². The summed E-state index contributed by atoms with van der Waals surface area (Å²) >= 11 is 1.48. The number of carbonyl (C=O) groups excluding carboxylic acids is 1. The Hall–Kier alpha value is -2.47. The molecular formula is C19H21N3O2S. The van der Waals surface area contributed by atoms with Gasteiger partial charge in [-0.2, -0.15) is 0 Å². The molecule has 0 saturated carbocycles. The quantitative estimate of drug-likeness (QED) is 0.763. The monoisotopic (exact) mass is 355 g/mol. The highest BCUT2D eigenvalue weighted by atomic mass is 32.1. The number of thiophene rings is 1. The third-order valence-electron chi connectivity index (χ3n) is 4.49. The molecule has 2 aromatic heterocycles. The predicted octanol–water partition coefficient (Wildman–Crippen LogP) is 3.18. The maximum absolute atomic E-state index is 13.1. The highest BCUT2D eigenvalue weighted by Gasteiger charge is 2.17. The molecule has 0 bridgehead atoms. The van der Waals surface area contributed by atoms with E-state index in [-0.39, 0.29) is 18.5 Å². The lowest BCUT2D eigenvalue weighted by molar-refractivity contribution is -0.118. The van der Waals surface area contributed by atoms with Gasteiger partial charge in [0.2, 0.25) is 5.91 Å². The first-order chi connectivity index (χ1) is 11.9. The highest BCUT2D eigenvalue weighted by molar-refractivity contribution is 7.17. The minimum atomic E-state index is -0.422. The van der Waals surface area contributed by atoms with E-state index in [2.05, 4.69) is 31.0 Å². The SMILES string of the molecule is CCc1nc2scc(-c3ccc(C)c(C)c3)c2c(=O)n1CCC(N)=O. The van der Waals surface area contributed by atoms with Crippen LogP contribution in [0, 0.1) is 13.8 Å². The van der Waals surface area contributed by atoms with Crippen LogP contribution in [0.1, 0.15) is 30.3 Å². The average molecular weight is 355 g/mol. The fourth-order valence-electron chi connectivity index (χ4n) is 2.91. The van der Waals surface area contributed by atoms with Crippen molar-refractivity contribution in [3.05, 3.63) is 50.9 Å². The Bertz CT molecular complexity index is 1020. The van der Waals surface area contributed by atoms with E-state index in [4.69, 9.17) is 5.73 Å². The summed E-state index contributed by atoms with van der Waals surface area (Å²) in [6.45, 7) is 6.34. The molecule has 5 nitrogen and oxygen atoms in total. The number of aromatic nitrogens is 2. The molecule has 1 amide bonds. The van der Waals surface area contributed by atoms with Crippen LogP contribution in [0.4, 0.5) is 0 Å². The molecule has 130 valence electrons. The van der Waals surface area contributed by atoms with Crippen molar-refractivity contribution in [2.45, 2.75) is 40.2 Å². The lowest BCUT2D eigenvalue weighted by atomic mass is 10.0. The summed E-state index contributed by atoms with van der Waals surface area (Å²) in [4.78, 5) is 29.6. The number of nitrogens with two attached hydrogens (primary N) is 1. The molecule has 0 aliphatic carbocycles. The van der Waals surface area contributed by atoms with E-state index in [1.165, 1.54) is 22.5 Å². The Kier molecular flexibility index (Phi) is 4.72. The number of amides is 1. The van der Waals surface area contributed by atoms with Crippen molar-refractivity contribution in [1.82, 2.24) is 9.55 Å². The first-order valence-corrected chi connectivity index (χ1v) is 9.17. The van der Waals surface area contributed by atoms with Crippen LogP contribution in [-0.4, -0.2) is 15.5 Å². The average Bonchev–Trinajstić information content (AvgIpc) is 3.00. The number of rotatable bonds is 5. The van der Waals surface area contributed by atoms with Gasteiger partial charge in [-0.3, -0.25) is 14.2 Å². The fraction of sp³-hybridized carbons (Fsp3) is 0.316. The lowest BCUT2D eigenvalue weighted by Crippen LogP contribution is -2.27. The summed E-state index contributed by atoms with van der Waals surface area (Å²) in [5, 5.41) is 2.61. The second kappa shape index (κ2) is 6.80. The topological polar surface area (TPSA) is 78.0 Å². The van der Waals surface area contributed by atoms with Gasteiger partial charge in [-0.25, -0.2) is 4.98 Å². The molecule has 0 radical (unpaired) electrons. The number of primary amides is 1. The van der Waals surface area contributed by atoms with Crippen LogP contribution in [0.2, 0.25) is 0 Å². The van der Waals surface area contributed by atoms with Crippen LogP contribution in [0.5, 0.6) is 0 Å². The van der Waals surface area contributed by atoms with Crippen molar-refractivity contribution >= 4 is 27.5 Å². The fourth-order valence-corrected chi connectivity index (χ4v) is 3.87. The Morgan fingerprint density at radius 2 is 2.04 bits per heavy atom. The number of carbonyl (C=O) groups is 1. The molecule has 0 fully saturated rings. The molecule has 3 aromatic rings. The standard InChI is InChI=1S/C19H21N3O2S/c1-4-16-21-18-17(19(24)22(16)8-7-15(20)23)14(10-25-18)13-6-5-11(2)12(3)9-13/h5-6,9-10H,4,7-8H2,1-3H3,(H2,20,23). The van der Waals surface area contributed by atoms with E-state index in [1.54, 1.807) is 4.57 Å². The molecule has 6 heteroatoms. The Morgan fingerprint density at radius 3 is 2.68 bits per heavy atom. The minimum absolute atomic E-state index is 0.0995. The van der Waals surface area contributed by atoms with Crippen molar-refractivity contribution in [2.75, 3.05) is 0 Å². The maximum Gasteiger partial charge on any atom is 0.262 e. The van der Waals surface area contributed by atoms with Gasteiger partial charge in [-0.1, -0.05) is 25.1 Å². The van der Waals surface area contributed by atoms with Crippen molar-refractivity contribution in [2.24, 2.45) is 5.73 Å². The van der Waals surface area contributed by atoms with E-state index in [0.717, 1.165) is 16.0 Å². The van der Waals surface area contributed by atoms with Crippen LogP contribution in [0.25, 0.3) is 21.3 Å². The molecule has 1 aromatic carbocycles. The van der Waals surface area contributed by atoms with Gasteiger partial charge in [0.1, 0.15) is 10.7 Å². The molecule has 0 aliphatic rings. The van der Waals surface area contributed by atoms with Crippen molar-refractivity contribution < 1.29 is 4.79 Å². The summed E-state index contributed by atoms with van der Waals surface area (Å²) < 4.78 is 1.59. The molecule has 0 spiro atoms. The van der Waals surface area contributed by atoms with E-state index in [9.17, 15) is 9.59 Å². The van der Waals surface area contributed by atoms with Gasteiger partial charge in [0.25, 0.3) is 5.56 Å². The number of aryl methyl sites for hydroxylation is 3. The van der Waals surface area contributed by atoms with Crippen LogP contribution >= 0.6 is 11.3 Å². The molecule has 2 heterocycles. The zero-order chi connectivity index (χ0) is 18.1. The lowest BCUT2D eigenvalue weighted by Gasteiger charge is -2.11. The third kappa shape index (κ3) is 3.22. The van der Waals surface area contributed by atoms with E-state index in [1.807, 2.05) is 18.4 Å². The molecule has 0 aliphatic heterocycles. The summed E-state index contributed by atoms with van der Waals surface area (Å²) in [5.74, 6) is 0.265. The second-order valence-corrected chi connectivity index (χ2v) is 7.04. The molecule has 25 heavy (non-hydrogen) atoms. The van der Waals surface area contributed by atoms with Crippen molar-refractivity contribution in [3.63, 3.8) is 0 Å². The molecular weight excluding hydrogens is 334 g/mol. The third-order valence-corrected chi connectivity index (χ3v) is 5.36. The highest BCUT2D eigenvalue weighted by Crippen LogP contribution is 2.32. The Morgan fingerprint density at radius 1 is 1.28 bits per heavy atom. The second-order valence-electron chi connectivity index (χ2n) is 6.18.